The van der Waals surface area contributed by atoms with Crippen molar-refractivity contribution < 1.29 is 0 Å². The minimum atomic E-state index is -2.74. The minimum absolute atomic E-state index is 0.108. The fourth-order valence-corrected chi connectivity index (χ4v) is 14.2. The van der Waals surface area contributed by atoms with E-state index in [4.69, 9.17) is 0 Å². The van der Waals surface area contributed by atoms with Crippen LogP contribution in [0.15, 0.2) is 170 Å². The van der Waals surface area contributed by atoms with E-state index in [1.807, 2.05) is 0 Å². The Labute approximate surface area is 290 Å². The van der Waals surface area contributed by atoms with Crippen LogP contribution in [0, 0.1) is 0 Å². The summed E-state index contributed by atoms with van der Waals surface area (Å²) in [5, 5.41) is 5.74. The highest BCUT2D eigenvalue weighted by Crippen LogP contribution is 2.46. The summed E-state index contributed by atoms with van der Waals surface area (Å²) < 4.78 is 0. The van der Waals surface area contributed by atoms with Crippen molar-refractivity contribution in [2.45, 2.75) is 19.8 Å². The lowest BCUT2D eigenvalue weighted by molar-refractivity contribution is 0.866. The van der Waals surface area contributed by atoms with Gasteiger partial charge in [-0.3, -0.25) is 0 Å². The fourth-order valence-electron chi connectivity index (χ4n) is 9.05. The van der Waals surface area contributed by atoms with Crippen molar-refractivity contribution in [2.75, 3.05) is 9.80 Å². The van der Waals surface area contributed by atoms with Gasteiger partial charge in [0.05, 0.1) is 0 Å². The zero-order chi connectivity index (χ0) is 32.7. The summed E-state index contributed by atoms with van der Waals surface area (Å²) in [7, 11) is -2.74. The van der Waals surface area contributed by atoms with E-state index in [2.05, 4.69) is 194 Å². The number of benzene rings is 7. The summed E-state index contributed by atoms with van der Waals surface area (Å²) in [6, 6.07) is 64.2. The summed E-state index contributed by atoms with van der Waals surface area (Å²) in [5.74, 6) is 0.369. The SMILES string of the molecule is CC(C)c1cc2c3c(c1)N1c4ccccc4[Si](c4ccccc4)(c4ccccc4)c4cccc(c41)B3c1ccccc1N2c1ccccc1. The maximum atomic E-state index is 2.65. The van der Waals surface area contributed by atoms with Crippen LogP contribution in [-0.2, 0) is 0 Å². The monoisotopic (exact) mass is 642 g/mol. The molecule has 0 N–H and O–H groups in total. The summed E-state index contributed by atoms with van der Waals surface area (Å²) >= 11 is 0. The van der Waals surface area contributed by atoms with Crippen molar-refractivity contribution in [3.63, 3.8) is 0 Å². The fraction of sp³-hybridized carbons (Fsp3) is 0.0667. The van der Waals surface area contributed by atoms with E-state index in [9.17, 15) is 0 Å². The zero-order valence-corrected chi connectivity index (χ0v) is 28.7. The van der Waals surface area contributed by atoms with E-state index >= 15 is 0 Å². The van der Waals surface area contributed by atoms with Gasteiger partial charge in [-0.1, -0.05) is 147 Å². The molecule has 3 aliphatic heterocycles. The highest BCUT2D eigenvalue weighted by atomic mass is 28.3. The first-order valence-electron chi connectivity index (χ1n) is 17.4. The summed E-state index contributed by atoms with van der Waals surface area (Å²) in [5.41, 5.74) is 13.2. The quantitative estimate of drug-likeness (QED) is 0.200. The minimum Gasteiger partial charge on any atom is -0.312 e. The van der Waals surface area contributed by atoms with Gasteiger partial charge < -0.3 is 9.80 Å². The number of para-hydroxylation sites is 4. The van der Waals surface area contributed by atoms with Crippen LogP contribution in [0.1, 0.15) is 25.3 Å². The van der Waals surface area contributed by atoms with Crippen LogP contribution < -0.4 is 46.9 Å². The Morgan fingerprint density at radius 3 is 1.67 bits per heavy atom. The highest BCUT2D eigenvalue weighted by Gasteiger charge is 2.53. The maximum Gasteiger partial charge on any atom is 0.252 e. The zero-order valence-electron chi connectivity index (χ0n) is 27.7. The van der Waals surface area contributed by atoms with Crippen LogP contribution in [0.2, 0.25) is 0 Å². The van der Waals surface area contributed by atoms with Gasteiger partial charge in [-0.25, -0.2) is 0 Å². The number of fused-ring (bicyclic) bond motifs is 6. The molecule has 49 heavy (non-hydrogen) atoms. The molecule has 0 spiro atoms. The van der Waals surface area contributed by atoms with Crippen LogP contribution in [0.3, 0.4) is 0 Å². The second-order valence-electron chi connectivity index (χ2n) is 13.9. The Balaban J connectivity index is 1.38. The van der Waals surface area contributed by atoms with Crippen LogP contribution in [0.4, 0.5) is 34.1 Å². The van der Waals surface area contributed by atoms with Crippen LogP contribution in [-0.4, -0.2) is 14.8 Å². The van der Waals surface area contributed by atoms with Crippen molar-refractivity contribution >= 4 is 86.0 Å². The Bertz CT molecular complexity index is 2350. The second-order valence-corrected chi connectivity index (χ2v) is 17.6. The smallest absolute Gasteiger partial charge is 0.252 e. The van der Waals surface area contributed by atoms with E-state index in [1.165, 1.54) is 76.8 Å². The van der Waals surface area contributed by atoms with Gasteiger partial charge in [-0.15, -0.1) is 0 Å². The van der Waals surface area contributed by atoms with Crippen molar-refractivity contribution in [1.82, 2.24) is 0 Å². The Kier molecular flexibility index (Phi) is 6.22. The summed E-state index contributed by atoms with van der Waals surface area (Å²) in [4.78, 5) is 5.16. The number of nitrogens with zero attached hydrogens (tertiary/aromatic N) is 2. The van der Waals surface area contributed by atoms with Crippen LogP contribution in [0.25, 0.3) is 0 Å². The molecule has 0 fully saturated rings. The first kappa shape index (κ1) is 28.4. The number of anilines is 6. The average Bonchev–Trinajstić information content (AvgIpc) is 3.16. The summed E-state index contributed by atoms with van der Waals surface area (Å²) in [6.45, 7) is 4.76. The van der Waals surface area contributed by atoms with Crippen LogP contribution >= 0.6 is 0 Å². The van der Waals surface area contributed by atoms with Gasteiger partial charge in [-0.2, -0.15) is 0 Å². The largest absolute Gasteiger partial charge is 0.312 e. The molecule has 0 atom stereocenters. The molecule has 10 rings (SSSR count). The maximum absolute atomic E-state index is 2.74. The van der Waals surface area contributed by atoms with Gasteiger partial charge in [0, 0.05) is 34.1 Å². The third-order valence-electron chi connectivity index (χ3n) is 11.1. The van der Waals surface area contributed by atoms with Gasteiger partial charge >= 0.3 is 0 Å². The lowest BCUT2D eigenvalue weighted by atomic mass is 9.33. The van der Waals surface area contributed by atoms with E-state index < -0.39 is 8.07 Å². The second kappa shape index (κ2) is 10.7. The molecule has 3 aliphatic rings. The van der Waals surface area contributed by atoms with Crippen molar-refractivity contribution in [3.8, 4) is 0 Å². The van der Waals surface area contributed by atoms with Gasteiger partial charge in [-0.05, 0) is 85.0 Å². The third kappa shape index (κ3) is 3.84. The molecule has 0 aromatic heterocycles. The lowest BCUT2D eigenvalue weighted by Crippen LogP contribution is -2.79. The summed E-state index contributed by atoms with van der Waals surface area (Å²) in [6.07, 6.45) is 0. The number of hydrogen-bond donors (Lipinski definition) is 0. The molecule has 0 unspecified atom stereocenters. The first-order chi connectivity index (χ1) is 24.2. The van der Waals surface area contributed by atoms with Gasteiger partial charge in [0.1, 0.15) is 0 Å². The molecular formula is C45H35BN2Si. The van der Waals surface area contributed by atoms with E-state index in [0.717, 1.165) is 0 Å². The number of rotatable bonds is 4. The van der Waals surface area contributed by atoms with Crippen molar-refractivity contribution in [3.05, 3.63) is 175 Å². The molecule has 0 radical (unpaired) electrons. The first-order valence-corrected chi connectivity index (χ1v) is 19.4. The highest BCUT2D eigenvalue weighted by molar-refractivity contribution is 7.22. The van der Waals surface area contributed by atoms with E-state index in [0.29, 0.717) is 5.92 Å². The van der Waals surface area contributed by atoms with E-state index in [-0.39, 0.29) is 6.71 Å². The Morgan fingerprint density at radius 2 is 1.00 bits per heavy atom. The molecule has 0 amide bonds. The number of hydrogen-bond acceptors (Lipinski definition) is 2. The van der Waals surface area contributed by atoms with Crippen molar-refractivity contribution in [2.24, 2.45) is 0 Å². The normalized spacial score (nSPS) is 14.6. The predicted octanol–water partition coefficient (Wildman–Crippen LogP) is 6.58. The Morgan fingerprint density at radius 1 is 0.469 bits per heavy atom. The lowest BCUT2D eigenvalue weighted by Gasteiger charge is -2.51. The molecule has 0 saturated heterocycles. The van der Waals surface area contributed by atoms with Gasteiger partial charge in [0.25, 0.3) is 6.71 Å². The average molecular weight is 643 g/mol. The molecule has 7 aromatic rings. The molecule has 0 aliphatic carbocycles. The van der Waals surface area contributed by atoms with E-state index in [1.54, 1.807) is 0 Å². The molecule has 4 heteroatoms. The molecule has 7 aromatic carbocycles. The molecular weight excluding hydrogens is 607 g/mol. The van der Waals surface area contributed by atoms with Gasteiger partial charge in [0.15, 0.2) is 8.07 Å². The van der Waals surface area contributed by atoms with Crippen LogP contribution in [0.5, 0.6) is 0 Å². The molecule has 232 valence electrons. The standard InChI is InChI=1S/C45H35BN2Si/c1-31(2)32-29-40-44-41(30-32)48-39-26-14-15-27-42(39)49(34-19-8-4-9-20-34,35-21-10-5-11-22-35)43-28-16-24-37(45(43)48)46(44)36-23-12-13-25-38(36)47(40)33-17-6-3-7-18-33/h3-31H,1-2H3. The van der Waals surface area contributed by atoms with Crippen molar-refractivity contribution in [1.29, 1.82) is 0 Å². The molecule has 0 bridgehead atoms. The molecule has 3 heterocycles. The molecule has 0 saturated carbocycles. The third-order valence-corrected chi connectivity index (χ3v) is 15.9. The predicted molar refractivity (Wildman–Crippen MR) is 212 cm³/mol. The topological polar surface area (TPSA) is 6.48 Å². The molecule has 2 nitrogen and oxygen atoms in total. The van der Waals surface area contributed by atoms with Gasteiger partial charge in [0.2, 0.25) is 0 Å². The Hall–Kier alpha value is -5.58.